The highest BCUT2D eigenvalue weighted by molar-refractivity contribution is 5.96. The third-order valence-corrected chi connectivity index (χ3v) is 12.2. The molecule has 0 aliphatic heterocycles. The second-order valence-corrected chi connectivity index (χ2v) is 18.1. The summed E-state index contributed by atoms with van der Waals surface area (Å²) in [4.78, 5) is 52.8. The molecule has 14 nitrogen and oxygen atoms in total. The molecule has 0 aromatic heterocycles. The highest BCUT2D eigenvalue weighted by atomic mass is 16.6. The molecule has 6 aromatic carbocycles. The van der Waals surface area contributed by atoms with Gasteiger partial charge in [-0.2, -0.15) is 0 Å². The van der Waals surface area contributed by atoms with E-state index in [2.05, 4.69) is 27.7 Å². The topological polar surface area (TPSA) is 161 Å². The molecule has 1 unspecified atom stereocenters. The number of carbonyl (C=O) groups is 4. The number of hydrogen-bond donors (Lipinski definition) is 0. The first-order chi connectivity index (χ1) is 35.1. The minimum absolute atomic E-state index is 0.138. The second-order valence-electron chi connectivity index (χ2n) is 18.1. The van der Waals surface area contributed by atoms with Gasteiger partial charge in [0.15, 0.2) is 23.0 Å². The highest BCUT2D eigenvalue weighted by Crippen LogP contribution is 2.38. The average molecular weight is 997 g/mol. The average Bonchev–Trinajstić information content (AvgIpc) is 3.40. The first-order valence-corrected chi connectivity index (χ1v) is 24.2. The third kappa shape index (κ3) is 14.1. The van der Waals surface area contributed by atoms with E-state index in [4.69, 9.17) is 47.4 Å². The molecule has 0 spiro atoms. The lowest BCUT2D eigenvalue weighted by molar-refractivity contribution is 0.0717. The van der Waals surface area contributed by atoms with E-state index in [0.29, 0.717) is 53.6 Å². The van der Waals surface area contributed by atoms with Crippen LogP contribution in [0.3, 0.4) is 0 Å². The van der Waals surface area contributed by atoms with Crippen molar-refractivity contribution >= 4 is 23.9 Å². The van der Waals surface area contributed by atoms with Crippen LogP contribution in [0.2, 0.25) is 0 Å². The number of methoxy groups -OCH3 is 4. The van der Waals surface area contributed by atoms with Crippen molar-refractivity contribution in [1.29, 1.82) is 0 Å². The summed E-state index contributed by atoms with van der Waals surface area (Å²) in [5.74, 6) is 1.40. The fourth-order valence-corrected chi connectivity index (χ4v) is 7.67. The lowest BCUT2D eigenvalue weighted by atomic mass is 9.78. The zero-order chi connectivity index (χ0) is 52.7. The van der Waals surface area contributed by atoms with Gasteiger partial charge in [0.25, 0.3) is 0 Å². The number of esters is 4. The molecule has 0 bridgehead atoms. The van der Waals surface area contributed by atoms with Crippen LogP contribution in [-0.4, -0.2) is 65.5 Å². The van der Waals surface area contributed by atoms with Crippen LogP contribution >= 0.6 is 0 Å². The first kappa shape index (κ1) is 54.3. The van der Waals surface area contributed by atoms with Crippen LogP contribution in [0.25, 0.3) is 0 Å². The van der Waals surface area contributed by atoms with Gasteiger partial charge in [-0.25, -0.2) is 19.2 Å². The Labute approximate surface area is 427 Å². The van der Waals surface area contributed by atoms with Crippen LogP contribution < -0.4 is 47.4 Å². The van der Waals surface area contributed by atoms with Gasteiger partial charge in [0.05, 0.1) is 52.8 Å². The number of ether oxygens (including phenoxy) is 10. The van der Waals surface area contributed by atoms with Crippen molar-refractivity contribution in [3.05, 3.63) is 155 Å². The summed E-state index contributed by atoms with van der Waals surface area (Å²) >= 11 is 0. The lowest BCUT2D eigenvalue weighted by Gasteiger charge is -2.26. The van der Waals surface area contributed by atoms with Crippen LogP contribution in [-0.2, 0) is 5.41 Å². The molecule has 384 valence electrons. The predicted octanol–water partition coefficient (Wildman–Crippen LogP) is 12.6. The summed E-state index contributed by atoms with van der Waals surface area (Å²) in [5.41, 5.74) is 2.19. The molecule has 0 aliphatic carbocycles. The summed E-state index contributed by atoms with van der Waals surface area (Å²) in [6.45, 7) is 13.4. The summed E-state index contributed by atoms with van der Waals surface area (Å²) < 4.78 is 56.5. The molecule has 0 saturated carbocycles. The quantitative estimate of drug-likeness (QED) is 0.0416. The number of rotatable bonds is 24. The van der Waals surface area contributed by atoms with Crippen molar-refractivity contribution in [1.82, 2.24) is 0 Å². The lowest BCUT2D eigenvalue weighted by Crippen LogP contribution is -2.19. The molecule has 0 N–H and O–H groups in total. The second kappa shape index (κ2) is 25.4. The molecule has 73 heavy (non-hydrogen) atoms. The van der Waals surface area contributed by atoms with Gasteiger partial charge in [-0.3, -0.25) is 0 Å². The Kier molecular flexibility index (Phi) is 18.9. The maximum atomic E-state index is 13.3. The van der Waals surface area contributed by atoms with E-state index in [1.165, 1.54) is 89.1 Å². The molecule has 0 aliphatic rings. The normalized spacial score (nSPS) is 11.5. The Hall–Kier alpha value is -8.00. The van der Waals surface area contributed by atoms with E-state index in [1.807, 2.05) is 38.1 Å². The van der Waals surface area contributed by atoms with Gasteiger partial charge in [-0.15, -0.1) is 0 Å². The summed E-state index contributed by atoms with van der Waals surface area (Å²) in [7, 11) is 5.90. The van der Waals surface area contributed by atoms with E-state index in [1.54, 1.807) is 36.4 Å². The fourth-order valence-electron chi connectivity index (χ4n) is 7.67. The van der Waals surface area contributed by atoms with E-state index in [9.17, 15) is 19.2 Å². The Morgan fingerprint density at radius 2 is 0.808 bits per heavy atom. The summed E-state index contributed by atoms with van der Waals surface area (Å²) in [6.07, 6.45) is 4.30. The van der Waals surface area contributed by atoms with E-state index in [-0.39, 0.29) is 51.2 Å². The van der Waals surface area contributed by atoms with Crippen LogP contribution in [0.15, 0.2) is 121 Å². The minimum Gasteiger partial charge on any atom is -0.496 e. The number of carbonyl (C=O) groups excluding carboxylic acids is 4. The van der Waals surface area contributed by atoms with Crippen molar-refractivity contribution in [2.75, 3.05) is 41.7 Å². The third-order valence-electron chi connectivity index (χ3n) is 12.2. The van der Waals surface area contributed by atoms with Crippen molar-refractivity contribution in [2.45, 2.75) is 72.6 Å². The maximum Gasteiger partial charge on any atom is 0.347 e. The summed E-state index contributed by atoms with van der Waals surface area (Å²) in [6, 6.07) is 32.7. The molecular formula is C59H64O14. The molecule has 6 aromatic rings. The predicted molar refractivity (Wildman–Crippen MR) is 276 cm³/mol. The standard InChI is InChI=1S/C59H64O14/c1-11-13-14-38(12-2)36-69-54-34-50(65-8)48(32-52(54)67-10)58(63)73-44-25-17-40(18-26-44)56(61)71-46-29-21-42(22-30-46)59(5,6)41-19-27-45(28-20-41)70-55(60)39-15-23-43(24-16-39)72-57(62)47-31-51(66-9)53(33-49(47)64-7)68-35-37(3)4/h15-34,37-38H,11-14,35-36H2,1-10H3. The first-order valence-electron chi connectivity index (χ1n) is 24.2. The molecule has 14 heteroatoms. The van der Waals surface area contributed by atoms with E-state index in [0.717, 1.165) is 36.8 Å². The van der Waals surface area contributed by atoms with Gasteiger partial charge < -0.3 is 47.4 Å². The van der Waals surface area contributed by atoms with Gasteiger partial charge in [-0.1, -0.05) is 85.1 Å². The van der Waals surface area contributed by atoms with Crippen molar-refractivity contribution in [3.63, 3.8) is 0 Å². The van der Waals surface area contributed by atoms with Crippen LogP contribution in [0.5, 0.6) is 57.5 Å². The van der Waals surface area contributed by atoms with E-state index >= 15 is 0 Å². The molecule has 0 fully saturated rings. The van der Waals surface area contributed by atoms with Gasteiger partial charge in [0.2, 0.25) is 0 Å². The van der Waals surface area contributed by atoms with Crippen molar-refractivity contribution in [2.24, 2.45) is 11.8 Å². The van der Waals surface area contributed by atoms with Gasteiger partial charge in [-0.05, 0) is 102 Å². The highest BCUT2D eigenvalue weighted by Gasteiger charge is 2.26. The van der Waals surface area contributed by atoms with Gasteiger partial charge in [0.1, 0.15) is 45.6 Å². The maximum absolute atomic E-state index is 13.3. The summed E-state index contributed by atoms with van der Waals surface area (Å²) in [5, 5.41) is 0. The zero-order valence-electron chi connectivity index (χ0n) is 43.2. The number of hydrogen-bond acceptors (Lipinski definition) is 14. The van der Waals surface area contributed by atoms with E-state index < -0.39 is 29.3 Å². The Morgan fingerprint density at radius 3 is 1.15 bits per heavy atom. The molecule has 6 rings (SSSR count). The molecular weight excluding hydrogens is 933 g/mol. The fraction of sp³-hybridized carbons (Fsp3) is 0.322. The van der Waals surface area contributed by atoms with Crippen LogP contribution in [0, 0.1) is 11.8 Å². The van der Waals surface area contributed by atoms with Crippen molar-refractivity contribution in [3.8, 4) is 57.5 Å². The molecule has 0 radical (unpaired) electrons. The Bertz CT molecular complexity index is 2810. The van der Waals surface area contributed by atoms with Gasteiger partial charge >= 0.3 is 23.9 Å². The Morgan fingerprint density at radius 1 is 0.452 bits per heavy atom. The zero-order valence-corrected chi connectivity index (χ0v) is 43.2. The monoisotopic (exact) mass is 996 g/mol. The Balaban J connectivity index is 1.01. The molecule has 0 saturated heterocycles. The minimum atomic E-state index is -0.684. The largest absolute Gasteiger partial charge is 0.496 e. The van der Waals surface area contributed by atoms with Crippen LogP contribution in [0.4, 0.5) is 0 Å². The molecule has 1 atom stereocenters. The van der Waals surface area contributed by atoms with Crippen LogP contribution in [0.1, 0.15) is 120 Å². The SMILES string of the molecule is CCCCC(CC)COc1cc(OC)c(C(=O)Oc2ccc(C(=O)Oc3ccc(C(C)(C)c4ccc(OC(=O)c5ccc(OC(=O)c6cc(OC)c(OCC(C)C)cc6OC)cc5)cc4)cc3)cc2)cc1OC. The van der Waals surface area contributed by atoms with Crippen molar-refractivity contribution < 1.29 is 66.5 Å². The molecule has 0 amide bonds. The number of benzene rings is 6. The molecule has 0 heterocycles. The smallest absolute Gasteiger partial charge is 0.347 e. The number of unbranched alkanes of at least 4 members (excludes halogenated alkanes) is 1. The van der Waals surface area contributed by atoms with Gasteiger partial charge in [0, 0.05) is 29.7 Å².